The first-order valence-corrected chi connectivity index (χ1v) is 5.07. The van der Waals surface area contributed by atoms with Gasteiger partial charge in [0.05, 0.1) is 31.2 Å². The number of aromatic nitrogens is 2. The maximum absolute atomic E-state index is 5.70. The van der Waals surface area contributed by atoms with Gasteiger partial charge in [0.1, 0.15) is 0 Å². The molecule has 0 spiro atoms. The molecule has 1 heterocycles. The molecular weight excluding hydrogens is 194 g/mol. The van der Waals surface area contributed by atoms with Gasteiger partial charge in [0.15, 0.2) is 0 Å². The van der Waals surface area contributed by atoms with E-state index in [4.69, 9.17) is 15.2 Å². The third-order valence-electron chi connectivity index (χ3n) is 2.55. The fraction of sp³-hybridized carbons (Fsp3) is 0.600. The molecule has 2 rings (SSSR count). The van der Waals surface area contributed by atoms with Crippen molar-refractivity contribution in [1.29, 1.82) is 0 Å². The van der Waals surface area contributed by atoms with E-state index in [0.29, 0.717) is 24.3 Å². The normalized spacial score (nSPS) is 16.1. The molecule has 0 unspecified atom stereocenters. The lowest BCUT2D eigenvalue weighted by Gasteiger charge is -2.25. The van der Waals surface area contributed by atoms with Crippen molar-refractivity contribution in [3.8, 4) is 5.88 Å². The largest absolute Gasteiger partial charge is 0.478 e. The summed E-state index contributed by atoms with van der Waals surface area (Å²) in [5, 5.41) is 7.80. The van der Waals surface area contributed by atoms with E-state index in [2.05, 4.69) is 10.2 Å². The van der Waals surface area contributed by atoms with Gasteiger partial charge in [0.2, 0.25) is 0 Å². The number of hydrogen-bond donors (Lipinski definition) is 1. The fourth-order valence-electron chi connectivity index (χ4n) is 1.41. The third kappa shape index (κ3) is 2.36. The van der Waals surface area contributed by atoms with E-state index in [1.54, 1.807) is 6.07 Å². The van der Waals surface area contributed by atoms with Crippen LogP contribution in [0, 0.1) is 0 Å². The van der Waals surface area contributed by atoms with Crippen molar-refractivity contribution in [3.05, 3.63) is 11.8 Å². The van der Waals surface area contributed by atoms with E-state index in [1.165, 1.54) is 13.5 Å². The summed E-state index contributed by atoms with van der Waals surface area (Å²) in [5.74, 6) is 0.363. The first-order chi connectivity index (χ1) is 7.29. The fourth-order valence-corrected chi connectivity index (χ4v) is 1.41. The minimum atomic E-state index is 0.363. The summed E-state index contributed by atoms with van der Waals surface area (Å²) in [6.07, 6.45) is 3.97. The molecule has 0 bridgehead atoms. The minimum Gasteiger partial charge on any atom is -0.478 e. The van der Waals surface area contributed by atoms with Gasteiger partial charge in [-0.2, -0.15) is 0 Å². The lowest BCUT2D eigenvalue weighted by Crippen LogP contribution is -2.21. The Morgan fingerprint density at radius 2 is 2.27 bits per heavy atom. The second-order valence-electron chi connectivity index (χ2n) is 3.66. The van der Waals surface area contributed by atoms with Crippen molar-refractivity contribution < 1.29 is 9.47 Å². The highest BCUT2D eigenvalue weighted by Crippen LogP contribution is 2.23. The van der Waals surface area contributed by atoms with Crippen molar-refractivity contribution >= 4 is 5.69 Å². The van der Waals surface area contributed by atoms with Crippen molar-refractivity contribution in [2.24, 2.45) is 0 Å². The van der Waals surface area contributed by atoms with Gasteiger partial charge in [-0.15, -0.1) is 10.2 Å². The zero-order chi connectivity index (χ0) is 10.7. The summed E-state index contributed by atoms with van der Waals surface area (Å²) < 4.78 is 10.5. The molecule has 0 aliphatic heterocycles. The first kappa shape index (κ1) is 10.2. The van der Waals surface area contributed by atoms with E-state index < -0.39 is 0 Å². The summed E-state index contributed by atoms with van der Waals surface area (Å²) in [7, 11) is 1.52. The van der Waals surface area contributed by atoms with Crippen LogP contribution in [0.25, 0.3) is 0 Å². The number of rotatable bonds is 4. The van der Waals surface area contributed by atoms with Gasteiger partial charge in [0.25, 0.3) is 5.88 Å². The molecule has 0 atom stereocenters. The third-order valence-corrected chi connectivity index (χ3v) is 2.55. The highest BCUT2D eigenvalue weighted by atomic mass is 16.5. The number of nitrogen functional groups attached to an aromatic ring is 1. The number of nitrogens with two attached hydrogens (primary N) is 1. The predicted molar refractivity (Wildman–Crippen MR) is 55.4 cm³/mol. The van der Waals surface area contributed by atoms with Gasteiger partial charge in [0, 0.05) is 0 Å². The van der Waals surface area contributed by atoms with Crippen LogP contribution in [0.3, 0.4) is 0 Å². The van der Waals surface area contributed by atoms with Crippen molar-refractivity contribution in [1.82, 2.24) is 10.2 Å². The number of nitrogens with zero attached hydrogens (tertiary/aromatic N) is 2. The Morgan fingerprint density at radius 1 is 1.47 bits per heavy atom. The number of hydrogen-bond acceptors (Lipinski definition) is 5. The van der Waals surface area contributed by atoms with Crippen LogP contribution in [-0.4, -0.2) is 23.4 Å². The summed E-state index contributed by atoms with van der Waals surface area (Å²) in [6, 6.07) is 1.74. The molecule has 1 aromatic heterocycles. The maximum Gasteiger partial charge on any atom is 0.256 e. The van der Waals surface area contributed by atoms with Crippen LogP contribution in [0.4, 0.5) is 5.69 Å². The zero-order valence-corrected chi connectivity index (χ0v) is 8.77. The van der Waals surface area contributed by atoms with Crippen molar-refractivity contribution in [2.45, 2.75) is 32.0 Å². The molecule has 0 radical (unpaired) electrons. The Hall–Kier alpha value is -1.36. The lowest BCUT2D eigenvalue weighted by molar-refractivity contribution is -0.0104. The van der Waals surface area contributed by atoms with Crippen molar-refractivity contribution in [3.63, 3.8) is 0 Å². The van der Waals surface area contributed by atoms with Gasteiger partial charge < -0.3 is 15.2 Å². The Labute approximate surface area is 88.6 Å². The average molecular weight is 209 g/mol. The van der Waals surface area contributed by atoms with Crippen LogP contribution in [-0.2, 0) is 11.3 Å². The predicted octanol–water partition coefficient (Wildman–Crippen LogP) is 1.14. The minimum absolute atomic E-state index is 0.363. The SMILES string of the molecule is COc1nnc(COC2CCC2)cc1N. The standard InChI is InChI=1S/C10H15N3O2/c1-14-10-9(11)5-7(12-13-10)6-15-8-3-2-4-8/h5,8H,2-4,6H2,1H3,(H2,11,12). The molecular formula is C10H15N3O2. The Kier molecular flexibility index (Phi) is 3.01. The molecule has 82 valence electrons. The lowest BCUT2D eigenvalue weighted by atomic mass is 9.96. The molecule has 1 aromatic rings. The quantitative estimate of drug-likeness (QED) is 0.805. The highest BCUT2D eigenvalue weighted by molar-refractivity contribution is 5.47. The molecule has 5 heteroatoms. The van der Waals surface area contributed by atoms with Crippen LogP contribution in [0.2, 0.25) is 0 Å². The highest BCUT2D eigenvalue weighted by Gasteiger charge is 2.18. The summed E-state index contributed by atoms with van der Waals surface area (Å²) in [4.78, 5) is 0. The van der Waals surface area contributed by atoms with Crippen LogP contribution in [0.1, 0.15) is 25.0 Å². The first-order valence-electron chi connectivity index (χ1n) is 5.07. The van der Waals surface area contributed by atoms with E-state index in [0.717, 1.165) is 18.5 Å². The molecule has 0 amide bonds. The topological polar surface area (TPSA) is 70.3 Å². The Morgan fingerprint density at radius 3 is 2.80 bits per heavy atom. The number of methoxy groups -OCH3 is 1. The molecule has 2 N–H and O–H groups in total. The average Bonchev–Trinajstić information content (AvgIpc) is 2.16. The second kappa shape index (κ2) is 4.44. The van der Waals surface area contributed by atoms with E-state index in [-0.39, 0.29) is 0 Å². The second-order valence-corrected chi connectivity index (χ2v) is 3.66. The van der Waals surface area contributed by atoms with E-state index in [1.807, 2.05) is 0 Å². The zero-order valence-electron chi connectivity index (χ0n) is 8.77. The monoisotopic (exact) mass is 209 g/mol. The van der Waals surface area contributed by atoms with E-state index >= 15 is 0 Å². The van der Waals surface area contributed by atoms with Gasteiger partial charge >= 0.3 is 0 Å². The molecule has 1 aliphatic rings. The molecule has 1 saturated carbocycles. The number of ether oxygens (including phenoxy) is 2. The van der Waals surface area contributed by atoms with E-state index in [9.17, 15) is 0 Å². The number of anilines is 1. The van der Waals surface area contributed by atoms with Gasteiger partial charge in [-0.3, -0.25) is 0 Å². The Bertz CT molecular complexity index is 339. The molecule has 0 saturated heterocycles. The molecule has 15 heavy (non-hydrogen) atoms. The van der Waals surface area contributed by atoms with Gasteiger partial charge in [-0.05, 0) is 25.3 Å². The summed E-state index contributed by atoms with van der Waals surface area (Å²) in [5.41, 5.74) is 6.95. The molecule has 1 aliphatic carbocycles. The molecule has 5 nitrogen and oxygen atoms in total. The smallest absolute Gasteiger partial charge is 0.256 e. The van der Waals surface area contributed by atoms with Gasteiger partial charge in [-0.1, -0.05) is 0 Å². The van der Waals surface area contributed by atoms with Crippen LogP contribution in [0.5, 0.6) is 5.88 Å². The van der Waals surface area contributed by atoms with Crippen LogP contribution < -0.4 is 10.5 Å². The van der Waals surface area contributed by atoms with Crippen LogP contribution >= 0.6 is 0 Å². The van der Waals surface area contributed by atoms with Gasteiger partial charge in [-0.25, -0.2) is 0 Å². The van der Waals surface area contributed by atoms with Crippen molar-refractivity contribution in [2.75, 3.05) is 12.8 Å². The summed E-state index contributed by atoms with van der Waals surface area (Å²) >= 11 is 0. The molecule has 1 fully saturated rings. The van der Waals surface area contributed by atoms with Crippen LogP contribution in [0.15, 0.2) is 6.07 Å². The molecule has 0 aromatic carbocycles. The Balaban J connectivity index is 1.93. The maximum atomic E-state index is 5.70. The summed E-state index contributed by atoms with van der Waals surface area (Å²) in [6.45, 7) is 0.478.